The largest absolute Gasteiger partial charge is 0.480 e. The summed E-state index contributed by atoms with van der Waals surface area (Å²) >= 11 is 7.24. The smallest absolute Gasteiger partial charge is 0.323 e. The molecule has 0 fully saturated rings. The van der Waals surface area contributed by atoms with Crippen molar-refractivity contribution in [2.24, 2.45) is 0 Å². The highest BCUT2D eigenvalue weighted by atomic mass is 35.5. The van der Waals surface area contributed by atoms with Crippen LogP contribution in [0.5, 0.6) is 0 Å². The van der Waals surface area contributed by atoms with E-state index in [1.165, 1.54) is 11.3 Å². The van der Waals surface area contributed by atoms with Crippen LogP contribution in [0.3, 0.4) is 0 Å². The van der Waals surface area contributed by atoms with Gasteiger partial charge in [0.15, 0.2) is 0 Å². The van der Waals surface area contributed by atoms with Crippen LogP contribution < -0.4 is 5.32 Å². The summed E-state index contributed by atoms with van der Waals surface area (Å²) in [5.74, 6) is -0.826. The average molecular weight is 248 g/mol. The predicted molar refractivity (Wildman–Crippen MR) is 62.5 cm³/mol. The van der Waals surface area contributed by atoms with Crippen LogP contribution in [-0.4, -0.2) is 16.6 Å². The lowest BCUT2D eigenvalue weighted by atomic mass is 9.99. The fourth-order valence-electron chi connectivity index (χ4n) is 1.08. The van der Waals surface area contributed by atoms with E-state index in [9.17, 15) is 4.79 Å². The van der Waals surface area contributed by atoms with E-state index in [2.05, 4.69) is 5.32 Å². The van der Waals surface area contributed by atoms with Gasteiger partial charge in [0, 0.05) is 11.4 Å². The zero-order valence-corrected chi connectivity index (χ0v) is 10.3. The van der Waals surface area contributed by atoms with Gasteiger partial charge >= 0.3 is 5.97 Å². The van der Waals surface area contributed by atoms with Crippen molar-refractivity contribution in [2.45, 2.75) is 32.4 Å². The van der Waals surface area contributed by atoms with Crippen molar-refractivity contribution >= 4 is 28.9 Å². The number of carboxylic acid groups (broad SMARTS) is 1. The molecule has 1 atom stereocenters. The molecule has 0 aliphatic carbocycles. The zero-order valence-electron chi connectivity index (χ0n) is 8.71. The van der Waals surface area contributed by atoms with Gasteiger partial charge in [-0.3, -0.25) is 10.1 Å². The maximum Gasteiger partial charge on any atom is 0.323 e. The first-order valence-corrected chi connectivity index (χ1v) is 5.90. The Morgan fingerprint density at radius 3 is 2.73 bits per heavy atom. The fourth-order valence-corrected chi connectivity index (χ4v) is 2.11. The van der Waals surface area contributed by atoms with Gasteiger partial charge in [-0.15, -0.1) is 11.3 Å². The van der Waals surface area contributed by atoms with E-state index in [1.54, 1.807) is 6.92 Å². The topological polar surface area (TPSA) is 49.3 Å². The van der Waals surface area contributed by atoms with E-state index in [1.807, 2.05) is 19.1 Å². The number of carbonyl (C=O) groups is 1. The molecule has 15 heavy (non-hydrogen) atoms. The first-order chi connectivity index (χ1) is 6.98. The number of rotatable bonds is 5. The summed E-state index contributed by atoms with van der Waals surface area (Å²) in [6.45, 7) is 4.07. The molecule has 1 aromatic rings. The molecule has 0 spiro atoms. The second-order valence-corrected chi connectivity index (χ2v) is 5.35. The van der Waals surface area contributed by atoms with Crippen molar-refractivity contribution < 1.29 is 9.90 Å². The number of carboxylic acids is 1. The summed E-state index contributed by atoms with van der Waals surface area (Å²) in [6.07, 6.45) is 0.543. The van der Waals surface area contributed by atoms with Gasteiger partial charge in [0.1, 0.15) is 5.54 Å². The van der Waals surface area contributed by atoms with Crippen molar-refractivity contribution in [2.75, 3.05) is 0 Å². The van der Waals surface area contributed by atoms with Crippen LogP contribution in [0.25, 0.3) is 0 Å². The fraction of sp³-hybridized carbons (Fsp3) is 0.500. The Labute approximate surface area is 98.1 Å². The van der Waals surface area contributed by atoms with Crippen molar-refractivity contribution in [1.82, 2.24) is 5.32 Å². The Balaban J connectivity index is 2.59. The standard InChI is InChI=1S/C10H14ClNO2S/c1-3-10(2,9(13)14)12-6-7-4-5-8(11)15-7/h4-5,12H,3,6H2,1-2H3,(H,13,14). The van der Waals surface area contributed by atoms with Crippen LogP contribution in [0.15, 0.2) is 12.1 Å². The van der Waals surface area contributed by atoms with E-state index >= 15 is 0 Å². The number of hydrogen-bond acceptors (Lipinski definition) is 3. The van der Waals surface area contributed by atoms with E-state index in [-0.39, 0.29) is 0 Å². The van der Waals surface area contributed by atoms with E-state index < -0.39 is 11.5 Å². The molecular weight excluding hydrogens is 234 g/mol. The summed E-state index contributed by atoms with van der Waals surface area (Å²) in [7, 11) is 0. The minimum Gasteiger partial charge on any atom is -0.480 e. The van der Waals surface area contributed by atoms with Crippen LogP contribution in [0.2, 0.25) is 4.34 Å². The number of halogens is 1. The summed E-state index contributed by atoms with van der Waals surface area (Å²) in [4.78, 5) is 12.0. The molecule has 0 amide bonds. The lowest BCUT2D eigenvalue weighted by molar-refractivity contribution is -0.144. The molecule has 0 radical (unpaired) electrons. The minimum absolute atomic E-state index is 0.536. The van der Waals surface area contributed by atoms with Crippen LogP contribution in [0.1, 0.15) is 25.1 Å². The predicted octanol–water partition coefficient (Wildman–Crippen LogP) is 2.74. The molecule has 0 saturated heterocycles. The van der Waals surface area contributed by atoms with Crippen molar-refractivity contribution in [3.8, 4) is 0 Å². The van der Waals surface area contributed by atoms with Gasteiger partial charge < -0.3 is 5.11 Å². The number of hydrogen-bond donors (Lipinski definition) is 2. The highest BCUT2D eigenvalue weighted by molar-refractivity contribution is 7.16. The second kappa shape index (κ2) is 4.96. The average Bonchev–Trinajstić information content (AvgIpc) is 2.60. The van der Waals surface area contributed by atoms with E-state index in [0.717, 1.165) is 9.21 Å². The molecule has 1 unspecified atom stereocenters. The van der Waals surface area contributed by atoms with Crippen molar-refractivity contribution in [3.63, 3.8) is 0 Å². The van der Waals surface area contributed by atoms with E-state index in [4.69, 9.17) is 16.7 Å². The van der Waals surface area contributed by atoms with Crippen LogP contribution in [0.4, 0.5) is 0 Å². The number of aliphatic carboxylic acids is 1. The Kier molecular flexibility index (Phi) is 4.13. The van der Waals surface area contributed by atoms with Gasteiger partial charge in [-0.1, -0.05) is 18.5 Å². The first-order valence-electron chi connectivity index (χ1n) is 4.70. The van der Waals surface area contributed by atoms with Gasteiger partial charge in [-0.25, -0.2) is 0 Å². The summed E-state index contributed by atoms with van der Waals surface area (Å²) < 4.78 is 0.723. The highest BCUT2D eigenvalue weighted by Gasteiger charge is 2.30. The zero-order chi connectivity index (χ0) is 11.5. The molecule has 3 nitrogen and oxygen atoms in total. The molecule has 0 aromatic carbocycles. The molecule has 1 aromatic heterocycles. The van der Waals surface area contributed by atoms with Crippen molar-refractivity contribution in [3.05, 3.63) is 21.3 Å². The monoisotopic (exact) mass is 247 g/mol. The lowest BCUT2D eigenvalue weighted by Crippen LogP contribution is -2.48. The molecule has 0 aliphatic rings. The third kappa shape index (κ3) is 3.19. The first kappa shape index (κ1) is 12.5. The minimum atomic E-state index is -0.865. The van der Waals surface area contributed by atoms with Gasteiger partial charge in [0.2, 0.25) is 0 Å². The normalized spacial score (nSPS) is 14.9. The molecular formula is C10H14ClNO2S. The maximum absolute atomic E-state index is 11.0. The molecule has 1 heterocycles. The Morgan fingerprint density at radius 2 is 2.33 bits per heavy atom. The second-order valence-electron chi connectivity index (χ2n) is 3.55. The van der Waals surface area contributed by atoms with Crippen LogP contribution in [0, 0.1) is 0 Å². The third-order valence-corrected chi connectivity index (χ3v) is 3.69. The lowest BCUT2D eigenvalue weighted by Gasteiger charge is -2.24. The molecule has 0 saturated carbocycles. The van der Waals surface area contributed by atoms with Gasteiger partial charge in [0.05, 0.1) is 4.34 Å². The Morgan fingerprint density at radius 1 is 1.67 bits per heavy atom. The highest BCUT2D eigenvalue weighted by Crippen LogP contribution is 2.22. The summed E-state index contributed by atoms with van der Waals surface area (Å²) in [6, 6.07) is 3.71. The van der Waals surface area contributed by atoms with E-state index in [0.29, 0.717) is 13.0 Å². The Hall–Kier alpha value is -0.580. The molecule has 0 bridgehead atoms. The summed E-state index contributed by atoms with van der Waals surface area (Å²) in [5.41, 5.74) is -0.865. The number of nitrogens with one attached hydrogen (secondary N) is 1. The molecule has 0 aliphatic heterocycles. The van der Waals surface area contributed by atoms with Gasteiger partial charge in [-0.05, 0) is 25.5 Å². The molecule has 84 valence electrons. The quantitative estimate of drug-likeness (QED) is 0.841. The Bertz CT molecular complexity index is 353. The molecule has 5 heteroatoms. The number of thiophene rings is 1. The third-order valence-electron chi connectivity index (χ3n) is 2.46. The summed E-state index contributed by atoms with van der Waals surface area (Å²) in [5, 5.41) is 12.1. The molecule has 1 rings (SSSR count). The maximum atomic E-state index is 11.0. The van der Waals surface area contributed by atoms with Crippen molar-refractivity contribution in [1.29, 1.82) is 0 Å². The van der Waals surface area contributed by atoms with Gasteiger partial charge in [-0.2, -0.15) is 0 Å². The SMILES string of the molecule is CCC(C)(NCc1ccc(Cl)s1)C(=O)O. The van der Waals surface area contributed by atoms with Gasteiger partial charge in [0.25, 0.3) is 0 Å². The molecule has 2 N–H and O–H groups in total. The van der Waals surface area contributed by atoms with Crippen LogP contribution in [-0.2, 0) is 11.3 Å². The van der Waals surface area contributed by atoms with Crippen LogP contribution >= 0.6 is 22.9 Å².